The Morgan fingerprint density at radius 1 is 1.70 bits per heavy atom. The number of thioether (sulfide) groups is 1. The van der Waals surface area contributed by atoms with Crippen molar-refractivity contribution in [2.45, 2.75) is 19.1 Å². The molecule has 0 aliphatic carbocycles. The van der Waals surface area contributed by atoms with Gasteiger partial charge in [0.25, 0.3) is 0 Å². The average Bonchev–Trinajstić information content (AvgIpc) is 2.37. The summed E-state index contributed by atoms with van der Waals surface area (Å²) in [6.07, 6.45) is 3.16. The molecule has 0 bridgehead atoms. The van der Waals surface area contributed by atoms with Gasteiger partial charge in [-0.25, -0.2) is 4.98 Å². The Morgan fingerprint density at radius 2 is 2.50 bits per heavy atom. The fourth-order valence-electron chi connectivity index (χ4n) is 0.701. The Bertz CT molecular complexity index is 195. The van der Waals surface area contributed by atoms with Gasteiger partial charge in [0.15, 0.2) is 0 Å². The number of aromatic nitrogens is 1. The molecule has 56 valence electrons. The van der Waals surface area contributed by atoms with Crippen LogP contribution in [0.1, 0.15) is 17.6 Å². The second-order valence-corrected chi connectivity index (χ2v) is 3.83. The first-order valence-corrected chi connectivity index (χ1v) is 5.56. The fourth-order valence-corrected chi connectivity index (χ4v) is 2.30. The first-order chi connectivity index (χ1) is 4.86. The molecule has 0 radical (unpaired) electrons. The van der Waals surface area contributed by atoms with Crippen LogP contribution in [-0.2, 0) is 12.2 Å². The lowest BCUT2D eigenvalue weighted by Gasteiger charge is -1.87. The Kier molecular flexibility index (Phi) is 3.22. The van der Waals surface area contributed by atoms with Crippen LogP contribution in [0.15, 0.2) is 5.38 Å². The molecule has 1 aromatic heterocycles. The molecular weight excluding hydrogens is 162 g/mol. The smallest absolute Gasteiger partial charge is 0.103 e. The molecule has 1 rings (SSSR count). The monoisotopic (exact) mass is 173 g/mol. The maximum atomic E-state index is 4.42. The van der Waals surface area contributed by atoms with Gasteiger partial charge in [-0.2, -0.15) is 11.8 Å². The molecule has 0 saturated carbocycles. The first kappa shape index (κ1) is 8.08. The van der Waals surface area contributed by atoms with Crippen molar-refractivity contribution < 1.29 is 0 Å². The molecule has 0 atom stereocenters. The molecule has 0 saturated heterocycles. The third-order valence-corrected chi connectivity index (χ3v) is 2.87. The van der Waals surface area contributed by atoms with Crippen LogP contribution in [0.3, 0.4) is 0 Å². The van der Waals surface area contributed by atoms with Gasteiger partial charge in [0.05, 0.1) is 5.69 Å². The molecule has 0 aromatic carbocycles. The zero-order chi connectivity index (χ0) is 7.40. The van der Waals surface area contributed by atoms with Crippen molar-refractivity contribution in [1.82, 2.24) is 4.98 Å². The van der Waals surface area contributed by atoms with Gasteiger partial charge in [0.2, 0.25) is 0 Å². The van der Waals surface area contributed by atoms with Crippen molar-refractivity contribution in [3.63, 3.8) is 0 Å². The molecule has 0 fully saturated rings. The Morgan fingerprint density at radius 3 is 3.00 bits per heavy atom. The van der Waals surface area contributed by atoms with Crippen LogP contribution >= 0.6 is 23.1 Å². The van der Waals surface area contributed by atoms with E-state index in [1.165, 1.54) is 10.7 Å². The van der Waals surface area contributed by atoms with Gasteiger partial charge in [-0.3, -0.25) is 0 Å². The molecule has 0 spiro atoms. The minimum Gasteiger partial charge on any atom is -0.245 e. The predicted octanol–water partition coefficient (Wildman–Crippen LogP) is 2.57. The minimum atomic E-state index is 1.06. The number of nitrogens with zero attached hydrogens (tertiary/aromatic N) is 1. The molecular formula is C7H11NS2. The van der Waals surface area contributed by atoms with Crippen LogP contribution in [0.5, 0.6) is 0 Å². The Labute approximate surface area is 69.9 Å². The molecule has 0 aliphatic heterocycles. The lowest BCUT2D eigenvalue weighted by molar-refractivity contribution is 1.04. The molecule has 1 nitrogen and oxygen atoms in total. The van der Waals surface area contributed by atoms with Gasteiger partial charge in [-0.15, -0.1) is 11.3 Å². The summed E-state index contributed by atoms with van der Waals surface area (Å²) in [5.74, 6) is 1.06. The number of hydrogen-bond acceptors (Lipinski definition) is 3. The van der Waals surface area contributed by atoms with Gasteiger partial charge in [-0.05, 0) is 12.7 Å². The molecule has 3 heteroatoms. The molecule has 0 aliphatic rings. The van der Waals surface area contributed by atoms with Gasteiger partial charge in [0.1, 0.15) is 5.01 Å². The quantitative estimate of drug-likeness (QED) is 0.697. The number of rotatable bonds is 3. The predicted molar refractivity (Wildman–Crippen MR) is 48.7 cm³/mol. The van der Waals surface area contributed by atoms with Crippen molar-refractivity contribution in [2.24, 2.45) is 0 Å². The lowest BCUT2D eigenvalue weighted by atomic mass is 10.4. The van der Waals surface area contributed by atoms with E-state index in [0.29, 0.717) is 0 Å². The van der Waals surface area contributed by atoms with E-state index in [9.17, 15) is 0 Å². The third kappa shape index (κ3) is 1.99. The van der Waals surface area contributed by atoms with E-state index >= 15 is 0 Å². The Hall–Kier alpha value is -0.0200. The van der Waals surface area contributed by atoms with Crippen LogP contribution in [0.2, 0.25) is 0 Å². The molecule has 10 heavy (non-hydrogen) atoms. The van der Waals surface area contributed by atoms with Crippen molar-refractivity contribution in [3.8, 4) is 0 Å². The first-order valence-electron chi connectivity index (χ1n) is 3.29. The minimum absolute atomic E-state index is 1.06. The Balaban J connectivity index is 2.59. The van der Waals surface area contributed by atoms with E-state index < -0.39 is 0 Å². The van der Waals surface area contributed by atoms with Gasteiger partial charge >= 0.3 is 0 Å². The molecule has 1 heterocycles. The second kappa shape index (κ2) is 3.98. The topological polar surface area (TPSA) is 12.9 Å². The summed E-state index contributed by atoms with van der Waals surface area (Å²) in [5, 5.41) is 3.40. The SMILES string of the molecule is CCc1csc(CSC)n1. The summed E-state index contributed by atoms with van der Waals surface area (Å²) >= 11 is 3.59. The van der Waals surface area contributed by atoms with Crippen LogP contribution in [0, 0.1) is 0 Å². The number of hydrogen-bond donors (Lipinski definition) is 0. The summed E-state index contributed by atoms with van der Waals surface area (Å²) in [6, 6.07) is 0. The maximum Gasteiger partial charge on any atom is 0.103 e. The van der Waals surface area contributed by atoms with Crippen LogP contribution in [0.4, 0.5) is 0 Å². The van der Waals surface area contributed by atoms with Gasteiger partial charge < -0.3 is 0 Å². The van der Waals surface area contributed by atoms with E-state index in [-0.39, 0.29) is 0 Å². The van der Waals surface area contributed by atoms with Gasteiger partial charge in [0, 0.05) is 11.1 Å². The van der Waals surface area contributed by atoms with Crippen LogP contribution in [0.25, 0.3) is 0 Å². The summed E-state index contributed by atoms with van der Waals surface area (Å²) in [6.45, 7) is 2.14. The highest BCUT2D eigenvalue weighted by atomic mass is 32.2. The molecule has 0 amide bonds. The third-order valence-electron chi connectivity index (χ3n) is 1.23. The maximum absolute atomic E-state index is 4.42. The van der Waals surface area contributed by atoms with Crippen molar-refractivity contribution >= 4 is 23.1 Å². The highest BCUT2D eigenvalue weighted by Gasteiger charge is 1.97. The normalized spacial score (nSPS) is 10.2. The number of aryl methyl sites for hydroxylation is 1. The average molecular weight is 173 g/mol. The van der Waals surface area contributed by atoms with Crippen molar-refractivity contribution in [3.05, 3.63) is 16.1 Å². The van der Waals surface area contributed by atoms with E-state index in [0.717, 1.165) is 12.2 Å². The van der Waals surface area contributed by atoms with E-state index in [4.69, 9.17) is 0 Å². The van der Waals surface area contributed by atoms with Crippen molar-refractivity contribution in [2.75, 3.05) is 6.26 Å². The van der Waals surface area contributed by atoms with Crippen molar-refractivity contribution in [1.29, 1.82) is 0 Å². The zero-order valence-corrected chi connectivity index (χ0v) is 7.89. The summed E-state index contributed by atoms with van der Waals surface area (Å²) in [4.78, 5) is 4.42. The fraction of sp³-hybridized carbons (Fsp3) is 0.571. The van der Waals surface area contributed by atoms with E-state index in [2.05, 4.69) is 23.5 Å². The molecule has 1 aromatic rings. The highest BCUT2D eigenvalue weighted by Crippen LogP contribution is 2.14. The molecule has 0 N–H and O–H groups in total. The lowest BCUT2D eigenvalue weighted by Crippen LogP contribution is -1.80. The number of thiazole rings is 1. The van der Waals surface area contributed by atoms with Crippen LogP contribution in [-0.4, -0.2) is 11.2 Å². The largest absolute Gasteiger partial charge is 0.245 e. The van der Waals surface area contributed by atoms with Crippen LogP contribution < -0.4 is 0 Å². The van der Waals surface area contributed by atoms with E-state index in [1.807, 2.05) is 11.8 Å². The zero-order valence-electron chi connectivity index (χ0n) is 6.26. The van der Waals surface area contributed by atoms with E-state index in [1.54, 1.807) is 11.3 Å². The standard InChI is InChI=1S/C7H11NS2/c1-3-6-4-10-7(8-6)5-9-2/h4H,3,5H2,1-2H3. The molecule has 0 unspecified atom stereocenters. The summed E-state index contributed by atoms with van der Waals surface area (Å²) in [7, 11) is 0. The van der Waals surface area contributed by atoms with Gasteiger partial charge in [-0.1, -0.05) is 6.92 Å². The summed E-state index contributed by atoms with van der Waals surface area (Å²) < 4.78 is 0. The summed E-state index contributed by atoms with van der Waals surface area (Å²) in [5.41, 5.74) is 1.23. The second-order valence-electron chi connectivity index (χ2n) is 2.02. The highest BCUT2D eigenvalue weighted by molar-refractivity contribution is 7.97.